The molecule has 1 saturated heterocycles. The molecule has 1 fully saturated rings. The highest BCUT2D eigenvalue weighted by atomic mass is 16.5. The maximum atomic E-state index is 12.9. The number of benzene rings is 1. The van der Waals surface area contributed by atoms with Crippen molar-refractivity contribution in [1.82, 2.24) is 4.90 Å². The molecule has 0 radical (unpaired) electrons. The van der Waals surface area contributed by atoms with Crippen LogP contribution in [-0.4, -0.2) is 47.7 Å². The first-order valence-electron chi connectivity index (χ1n) is 9.38. The third-order valence-corrected chi connectivity index (χ3v) is 4.91. The molecule has 1 aliphatic heterocycles. The number of amides is 1. The van der Waals surface area contributed by atoms with E-state index in [1.165, 1.54) is 6.08 Å². The van der Waals surface area contributed by atoms with Crippen LogP contribution in [0, 0.1) is 0 Å². The molecule has 1 N–H and O–H groups in total. The maximum absolute atomic E-state index is 12.9. The van der Waals surface area contributed by atoms with Crippen molar-refractivity contribution in [3.05, 3.63) is 41.7 Å². The summed E-state index contributed by atoms with van der Waals surface area (Å²) in [4.78, 5) is 25.5. The Morgan fingerprint density at radius 1 is 1.26 bits per heavy atom. The SMILES string of the molecule is CCc1oc2ccccc2c1C=CC(=O)N(CCC(=O)O)C1CCOCC1. The van der Waals surface area contributed by atoms with Crippen molar-refractivity contribution in [1.29, 1.82) is 0 Å². The summed E-state index contributed by atoms with van der Waals surface area (Å²) in [5.74, 6) is -0.239. The average Bonchev–Trinajstić information content (AvgIpc) is 3.05. The molecule has 0 aliphatic carbocycles. The van der Waals surface area contributed by atoms with E-state index in [9.17, 15) is 9.59 Å². The van der Waals surface area contributed by atoms with Crippen molar-refractivity contribution in [3.8, 4) is 0 Å². The highest BCUT2D eigenvalue weighted by molar-refractivity contribution is 5.96. The lowest BCUT2D eigenvalue weighted by Gasteiger charge is -2.33. The Hall–Kier alpha value is -2.60. The minimum Gasteiger partial charge on any atom is -0.481 e. The molecule has 0 unspecified atom stereocenters. The number of carbonyl (C=O) groups excluding carboxylic acids is 1. The fourth-order valence-electron chi connectivity index (χ4n) is 3.50. The van der Waals surface area contributed by atoms with Gasteiger partial charge in [0.05, 0.1) is 6.42 Å². The number of carboxylic acid groups (broad SMARTS) is 1. The first-order valence-corrected chi connectivity index (χ1v) is 9.38. The van der Waals surface area contributed by atoms with Gasteiger partial charge in [0.15, 0.2) is 0 Å². The van der Waals surface area contributed by atoms with E-state index in [4.69, 9.17) is 14.3 Å². The fraction of sp³-hybridized carbons (Fsp3) is 0.429. The van der Waals surface area contributed by atoms with Crippen LogP contribution in [0.1, 0.15) is 37.5 Å². The van der Waals surface area contributed by atoms with E-state index in [1.54, 1.807) is 11.0 Å². The molecule has 0 saturated carbocycles. The molecule has 1 aliphatic rings. The van der Waals surface area contributed by atoms with E-state index in [2.05, 4.69) is 0 Å². The van der Waals surface area contributed by atoms with Gasteiger partial charge in [0, 0.05) is 49.2 Å². The Balaban J connectivity index is 1.82. The van der Waals surface area contributed by atoms with Crippen LogP contribution in [0.2, 0.25) is 0 Å². The summed E-state index contributed by atoms with van der Waals surface area (Å²) in [6, 6.07) is 7.76. The van der Waals surface area contributed by atoms with Gasteiger partial charge in [-0.05, 0) is 25.0 Å². The second-order valence-electron chi connectivity index (χ2n) is 6.64. The number of fused-ring (bicyclic) bond motifs is 1. The van der Waals surface area contributed by atoms with Gasteiger partial charge >= 0.3 is 5.97 Å². The van der Waals surface area contributed by atoms with Crippen LogP contribution in [0.15, 0.2) is 34.8 Å². The number of aliphatic carboxylic acids is 1. The number of para-hydroxylation sites is 1. The number of hydrogen-bond acceptors (Lipinski definition) is 4. The monoisotopic (exact) mass is 371 g/mol. The summed E-state index contributed by atoms with van der Waals surface area (Å²) in [6.07, 6.45) is 5.45. The summed E-state index contributed by atoms with van der Waals surface area (Å²) in [5.41, 5.74) is 1.71. The van der Waals surface area contributed by atoms with E-state index in [1.807, 2.05) is 31.2 Å². The van der Waals surface area contributed by atoms with E-state index in [0.717, 1.165) is 41.6 Å². The van der Waals surface area contributed by atoms with Crippen LogP contribution in [0.3, 0.4) is 0 Å². The van der Waals surface area contributed by atoms with E-state index in [0.29, 0.717) is 13.2 Å². The first kappa shape index (κ1) is 19.2. The van der Waals surface area contributed by atoms with Gasteiger partial charge in [-0.3, -0.25) is 9.59 Å². The summed E-state index contributed by atoms with van der Waals surface area (Å²) in [7, 11) is 0. The molecule has 1 aromatic carbocycles. The molecular weight excluding hydrogens is 346 g/mol. The van der Waals surface area contributed by atoms with Crippen molar-refractivity contribution in [2.24, 2.45) is 0 Å². The summed E-state index contributed by atoms with van der Waals surface area (Å²) < 4.78 is 11.2. The minimum atomic E-state index is -0.905. The van der Waals surface area contributed by atoms with Crippen LogP contribution in [0.5, 0.6) is 0 Å². The summed E-state index contributed by atoms with van der Waals surface area (Å²) >= 11 is 0. The summed E-state index contributed by atoms with van der Waals surface area (Å²) in [6.45, 7) is 3.41. The second kappa shape index (κ2) is 8.86. The second-order valence-corrected chi connectivity index (χ2v) is 6.64. The zero-order valence-electron chi connectivity index (χ0n) is 15.5. The first-order chi connectivity index (χ1) is 13.1. The number of rotatable bonds is 7. The van der Waals surface area contributed by atoms with Crippen molar-refractivity contribution < 1.29 is 23.8 Å². The van der Waals surface area contributed by atoms with Crippen LogP contribution in [-0.2, 0) is 20.7 Å². The fourth-order valence-corrected chi connectivity index (χ4v) is 3.50. The normalized spacial score (nSPS) is 15.4. The van der Waals surface area contributed by atoms with Crippen molar-refractivity contribution in [2.75, 3.05) is 19.8 Å². The van der Waals surface area contributed by atoms with Crippen LogP contribution < -0.4 is 0 Å². The van der Waals surface area contributed by atoms with Gasteiger partial charge in [-0.25, -0.2) is 0 Å². The third kappa shape index (κ3) is 4.57. The highest BCUT2D eigenvalue weighted by Crippen LogP contribution is 2.27. The standard InChI is InChI=1S/C21H25NO5/c1-2-18-17(16-5-3-4-6-19(16)27-18)7-8-20(23)22(12-9-21(24)25)15-10-13-26-14-11-15/h3-8,15H,2,9-14H2,1H3,(H,24,25). The molecule has 0 atom stereocenters. The van der Waals surface area contributed by atoms with Gasteiger partial charge < -0.3 is 19.2 Å². The Bertz CT molecular complexity index is 832. The van der Waals surface area contributed by atoms with Gasteiger partial charge in [0.25, 0.3) is 0 Å². The highest BCUT2D eigenvalue weighted by Gasteiger charge is 2.25. The van der Waals surface area contributed by atoms with Gasteiger partial charge in [-0.15, -0.1) is 0 Å². The molecule has 1 amide bonds. The van der Waals surface area contributed by atoms with Crippen LogP contribution in [0.4, 0.5) is 0 Å². The predicted molar refractivity (Wildman–Crippen MR) is 102 cm³/mol. The quantitative estimate of drug-likeness (QED) is 0.754. The van der Waals surface area contributed by atoms with E-state index in [-0.39, 0.29) is 24.9 Å². The van der Waals surface area contributed by atoms with E-state index >= 15 is 0 Å². The molecule has 2 heterocycles. The number of hydrogen-bond donors (Lipinski definition) is 1. The van der Waals surface area contributed by atoms with Gasteiger partial charge in [-0.2, -0.15) is 0 Å². The minimum absolute atomic E-state index is 0.0157. The van der Waals surface area contributed by atoms with Gasteiger partial charge in [0.2, 0.25) is 5.91 Å². The number of ether oxygens (including phenoxy) is 1. The lowest BCUT2D eigenvalue weighted by Crippen LogP contribution is -2.43. The molecular formula is C21H25NO5. The van der Waals surface area contributed by atoms with Crippen molar-refractivity contribution >= 4 is 28.9 Å². The topological polar surface area (TPSA) is 80.0 Å². The third-order valence-electron chi connectivity index (χ3n) is 4.91. The molecule has 27 heavy (non-hydrogen) atoms. The Morgan fingerprint density at radius 3 is 2.70 bits per heavy atom. The Labute approximate surface area is 158 Å². The van der Waals surface area contributed by atoms with Gasteiger partial charge in [-0.1, -0.05) is 25.1 Å². The average molecular weight is 371 g/mol. The van der Waals surface area contributed by atoms with Crippen molar-refractivity contribution in [3.63, 3.8) is 0 Å². The Morgan fingerprint density at radius 2 is 2.00 bits per heavy atom. The molecule has 0 bridgehead atoms. The molecule has 6 nitrogen and oxygen atoms in total. The van der Waals surface area contributed by atoms with E-state index < -0.39 is 5.97 Å². The molecule has 0 spiro atoms. The number of furan rings is 1. The zero-order valence-corrected chi connectivity index (χ0v) is 15.5. The zero-order chi connectivity index (χ0) is 19.2. The number of carboxylic acids is 1. The number of aryl methyl sites for hydroxylation is 1. The number of nitrogens with zero attached hydrogens (tertiary/aromatic N) is 1. The van der Waals surface area contributed by atoms with Crippen LogP contribution in [0.25, 0.3) is 17.0 Å². The number of carbonyl (C=O) groups is 2. The molecule has 144 valence electrons. The smallest absolute Gasteiger partial charge is 0.305 e. The molecule has 6 heteroatoms. The van der Waals surface area contributed by atoms with Crippen LogP contribution >= 0.6 is 0 Å². The summed E-state index contributed by atoms with van der Waals surface area (Å²) in [5, 5.41) is 9.99. The van der Waals surface area contributed by atoms with Gasteiger partial charge in [0.1, 0.15) is 11.3 Å². The lowest BCUT2D eigenvalue weighted by molar-refractivity contribution is -0.138. The Kier molecular flexibility index (Phi) is 6.29. The molecule has 1 aromatic heterocycles. The maximum Gasteiger partial charge on any atom is 0.305 e. The molecule has 2 aromatic rings. The molecule has 3 rings (SSSR count). The predicted octanol–water partition coefficient (Wildman–Crippen LogP) is 3.49. The lowest BCUT2D eigenvalue weighted by atomic mass is 10.1. The van der Waals surface area contributed by atoms with Crippen molar-refractivity contribution in [2.45, 2.75) is 38.6 Å². The largest absolute Gasteiger partial charge is 0.481 e.